The Morgan fingerprint density at radius 2 is 0.853 bits per heavy atom. The molecular weight excluding hydrogens is 408 g/mol. The van der Waals surface area contributed by atoms with E-state index in [1.54, 1.807) is 0 Å². The second kappa shape index (κ2) is 13.5. The highest BCUT2D eigenvalue weighted by molar-refractivity contribution is 5.56. The zero-order valence-corrected chi connectivity index (χ0v) is 21.4. The molecule has 34 heavy (non-hydrogen) atoms. The summed E-state index contributed by atoms with van der Waals surface area (Å²) in [6.07, 6.45) is 9.16. The summed E-state index contributed by atoms with van der Waals surface area (Å²) in [6.45, 7) is 8.90. The molecule has 0 aromatic heterocycles. The molecule has 0 bridgehead atoms. The second-order valence-corrected chi connectivity index (χ2v) is 8.93. The average Bonchev–Trinajstić information content (AvgIpc) is 2.89. The Morgan fingerprint density at radius 3 is 1.18 bits per heavy atom. The van der Waals surface area contributed by atoms with Gasteiger partial charge in [0, 0.05) is 22.3 Å². The van der Waals surface area contributed by atoms with Gasteiger partial charge in [0.05, 0.1) is 0 Å². The molecule has 0 spiro atoms. The van der Waals surface area contributed by atoms with Gasteiger partial charge in [-0.1, -0.05) is 88.5 Å². The topological polar surface area (TPSA) is 0 Å². The summed E-state index contributed by atoms with van der Waals surface area (Å²) in [5.74, 6) is 13.6. The highest BCUT2D eigenvalue weighted by Gasteiger charge is 2.08. The minimum Gasteiger partial charge on any atom is -0.0654 e. The van der Waals surface area contributed by atoms with Crippen molar-refractivity contribution in [1.29, 1.82) is 0 Å². The smallest absolute Gasteiger partial charge is 0.0284 e. The molecule has 0 N–H and O–H groups in total. The van der Waals surface area contributed by atoms with Crippen molar-refractivity contribution in [3.63, 3.8) is 0 Å². The van der Waals surface area contributed by atoms with Gasteiger partial charge in [-0.3, -0.25) is 0 Å². The van der Waals surface area contributed by atoms with Crippen LogP contribution in [0.5, 0.6) is 0 Å². The Labute approximate surface area is 207 Å². The van der Waals surface area contributed by atoms with Crippen molar-refractivity contribution >= 4 is 0 Å². The van der Waals surface area contributed by atoms with Crippen molar-refractivity contribution < 1.29 is 0 Å². The van der Waals surface area contributed by atoms with Crippen LogP contribution in [0.15, 0.2) is 60.7 Å². The van der Waals surface area contributed by atoms with E-state index in [0.29, 0.717) is 0 Å². The third kappa shape index (κ3) is 7.14. The van der Waals surface area contributed by atoms with Crippen LogP contribution in [0.1, 0.15) is 97.9 Å². The van der Waals surface area contributed by atoms with Crippen LogP contribution < -0.4 is 0 Å². The Hall–Kier alpha value is -3.22. The fraction of sp³-hybridized carbons (Fsp3) is 0.353. The number of hydrogen-bond donors (Lipinski definition) is 0. The van der Waals surface area contributed by atoms with Gasteiger partial charge in [-0.2, -0.15) is 0 Å². The quantitative estimate of drug-likeness (QED) is 0.305. The van der Waals surface area contributed by atoms with Gasteiger partial charge in [-0.25, -0.2) is 0 Å². The lowest BCUT2D eigenvalue weighted by Crippen LogP contribution is -1.99. The lowest BCUT2D eigenvalue weighted by atomic mass is 9.92. The van der Waals surface area contributed by atoms with E-state index in [2.05, 4.69) is 112 Å². The van der Waals surface area contributed by atoms with Crippen molar-refractivity contribution in [2.24, 2.45) is 0 Å². The van der Waals surface area contributed by atoms with E-state index in [0.717, 1.165) is 47.9 Å². The summed E-state index contributed by atoms with van der Waals surface area (Å²) in [4.78, 5) is 0. The number of rotatable bonds is 8. The van der Waals surface area contributed by atoms with Gasteiger partial charge < -0.3 is 0 Å². The number of benzene rings is 3. The molecule has 3 rings (SSSR count). The van der Waals surface area contributed by atoms with Crippen LogP contribution in [0, 0.1) is 23.7 Å². The molecule has 0 atom stereocenters. The first-order valence-corrected chi connectivity index (χ1v) is 13.0. The second-order valence-electron chi connectivity index (χ2n) is 8.93. The maximum absolute atomic E-state index is 3.44. The van der Waals surface area contributed by atoms with Crippen molar-refractivity contribution in [2.75, 3.05) is 0 Å². The first kappa shape index (κ1) is 25.4. The predicted molar refractivity (Wildman–Crippen MR) is 147 cm³/mol. The van der Waals surface area contributed by atoms with Crippen molar-refractivity contribution in [3.05, 3.63) is 105 Å². The number of aryl methyl sites for hydroxylation is 2. The third-order valence-electron chi connectivity index (χ3n) is 6.37. The van der Waals surface area contributed by atoms with Crippen molar-refractivity contribution in [1.82, 2.24) is 0 Å². The molecule has 0 amide bonds. The number of unbranched alkanes of at least 4 members (excludes halogenated alkanes) is 2. The van der Waals surface area contributed by atoms with E-state index >= 15 is 0 Å². The largest absolute Gasteiger partial charge is 0.0654 e. The molecule has 3 aromatic carbocycles. The van der Waals surface area contributed by atoms with Crippen LogP contribution >= 0.6 is 0 Å². The van der Waals surface area contributed by atoms with Crippen LogP contribution in [0.2, 0.25) is 0 Å². The Balaban J connectivity index is 1.82. The molecule has 3 aromatic rings. The lowest BCUT2D eigenvalue weighted by molar-refractivity contribution is 0.795. The zero-order valence-electron chi connectivity index (χ0n) is 21.4. The van der Waals surface area contributed by atoms with Crippen molar-refractivity contribution in [2.45, 2.75) is 79.1 Å². The molecule has 0 saturated heterocycles. The molecule has 0 radical (unpaired) electrons. The van der Waals surface area contributed by atoms with E-state index in [4.69, 9.17) is 0 Å². The fourth-order valence-corrected chi connectivity index (χ4v) is 4.29. The van der Waals surface area contributed by atoms with E-state index in [-0.39, 0.29) is 0 Å². The van der Waals surface area contributed by atoms with Crippen LogP contribution in [-0.2, 0) is 25.7 Å². The standard InChI is InChI=1S/C34H38/c1-5-9-11-27-13-17-29(18-14-27)21-23-31-25-26-32(34(8-4)33(31)7-3)24-22-30-19-15-28(16-20-30)12-10-6-2/h13-20,25-26H,5-12H2,1-4H3. The van der Waals surface area contributed by atoms with Gasteiger partial charge >= 0.3 is 0 Å². The van der Waals surface area contributed by atoms with Gasteiger partial charge in [-0.15, -0.1) is 0 Å². The minimum atomic E-state index is 0.963. The Morgan fingerprint density at radius 1 is 0.471 bits per heavy atom. The van der Waals surface area contributed by atoms with E-state index in [1.165, 1.54) is 47.9 Å². The molecule has 0 nitrogen and oxygen atoms in total. The molecule has 0 heteroatoms. The van der Waals surface area contributed by atoms with Crippen LogP contribution in [0.3, 0.4) is 0 Å². The summed E-state index contributed by atoms with van der Waals surface area (Å²) < 4.78 is 0. The van der Waals surface area contributed by atoms with E-state index < -0.39 is 0 Å². The average molecular weight is 447 g/mol. The normalized spacial score (nSPS) is 10.2. The Bertz CT molecular complexity index is 1070. The van der Waals surface area contributed by atoms with Crippen LogP contribution in [-0.4, -0.2) is 0 Å². The fourth-order valence-electron chi connectivity index (χ4n) is 4.29. The molecular formula is C34H38. The third-order valence-corrected chi connectivity index (χ3v) is 6.37. The maximum atomic E-state index is 3.44. The lowest BCUT2D eigenvalue weighted by Gasteiger charge is -2.11. The molecule has 0 aliphatic carbocycles. The summed E-state index contributed by atoms with van der Waals surface area (Å²) in [6, 6.07) is 21.8. The monoisotopic (exact) mass is 446 g/mol. The molecule has 0 heterocycles. The number of hydrogen-bond acceptors (Lipinski definition) is 0. The summed E-state index contributed by atoms with van der Waals surface area (Å²) in [5.41, 5.74) is 9.85. The molecule has 0 unspecified atom stereocenters. The predicted octanol–water partition coefficient (Wildman–Crippen LogP) is 8.30. The van der Waals surface area contributed by atoms with Crippen LogP contribution in [0.4, 0.5) is 0 Å². The zero-order chi connectivity index (χ0) is 24.2. The first-order valence-electron chi connectivity index (χ1n) is 13.0. The van der Waals surface area contributed by atoms with Gasteiger partial charge in [0.25, 0.3) is 0 Å². The van der Waals surface area contributed by atoms with Gasteiger partial charge in [0.1, 0.15) is 0 Å². The highest BCUT2D eigenvalue weighted by Crippen LogP contribution is 2.21. The maximum Gasteiger partial charge on any atom is 0.0284 e. The van der Waals surface area contributed by atoms with Gasteiger partial charge in [0.2, 0.25) is 0 Å². The summed E-state index contributed by atoms with van der Waals surface area (Å²) in [7, 11) is 0. The Kier molecular flexibility index (Phi) is 10.1. The first-order chi connectivity index (χ1) is 16.7. The van der Waals surface area contributed by atoms with E-state index in [9.17, 15) is 0 Å². The highest BCUT2D eigenvalue weighted by atomic mass is 14.1. The van der Waals surface area contributed by atoms with Crippen LogP contribution in [0.25, 0.3) is 0 Å². The van der Waals surface area contributed by atoms with Gasteiger partial charge in [-0.05, 0) is 97.2 Å². The van der Waals surface area contributed by atoms with Gasteiger partial charge in [0.15, 0.2) is 0 Å². The summed E-state index contributed by atoms with van der Waals surface area (Å²) in [5, 5.41) is 0. The van der Waals surface area contributed by atoms with E-state index in [1.807, 2.05) is 0 Å². The molecule has 174 valence electrons. The molecule has 0 fully saturated rings. The molecule has 0 aliphatic rings. The minimum absolute atomic E-state index is 0.963. The SMILES string of the molecule is CCCCc1ccc(C#Cc2ccc(C#Cc3ccc(CCCC)cc3)c(CC)c2CC)cc1. The molecule has 0 saturated carbocycles. The molecule has 0 aliphatic heterocycles. The summed E-state index contributed by atoms with van der Waals surface area (Å²) >= 11 is 0. The van der Waals surface area contributed by atoms with Crippen molar-refractivity contribution in [3.8, 4) is 23.7 Å².